The molecule has 3 nitrogen and oxygen atoms in total. The Morgan fingerprint density at radius 3 is 2.29 bits per heavy atom. The first-order chi connectivity index (χ1) is 6.83. The van der Waals surface area contributed by atoms with Gasteiger partial charge in [0, 0.05) is 5.92 Å². The van der Waals surface area contributed by atoms with Crippen LogP contribution in [0.15, 0.2) is 0 Å². The maximum absolute atomic E-state index is 9.45. The van der Waals surface area contributed by atoms with Crippen molar-refractivity contribution in [3.8, 4) is 0 Å². The van der Waals surface area contributed by atoms with Crippen LogP contribution >= 0.6 is 0 Å². The topological polar surface area (TPSA) is 41.5 Å². The first-order valence-corrected chi connectivity index (χ1v) is 5.92. The third kappa shape index (κ3) is 1.47. The molecule has 0 aromatic carbocycles. The summed E-state index contributed by atoms with van der Waals surface area (Å²) in [5.41, 5.74) is 0. The Kier molecular flexibility index (Phi) is 2.26. The molecule has 0 aromatic heterocycles. The molecule has 1 saturated carbocycles. The lowest BCUT2D eigenvalue weighted by Gasteiger charge is -2.50. The second-order valence-corrected chi connectivity index (χ2v) is 5.02. The summed E-state index contributed by atoms with van der Waals surface area (Å²) in [7, 11) is 0. The number of piperidine rings is 1. The number of ether oxygens (including phenoxy) is 1. The Labute approximate surface area is 84.8 Å². The third-order valence-electron chi connectivity index (χ3n) is 4.16. The minimum absolute atomic E-state index is 0.0298. The van der Waals surface area contributed by atoms with Crippen LogP contribution in [0.4, 0.5) is 0 Å². The predicted octanol–water partition coefficient (Wildman–Crippen LogP) is 1.22. The molecule has 80 valence electrons. The fraction of sp³-hybridized carbons (Fsp3) is 1.00. The van der Waals surface area contributed by atoms with Gasteiger partial charge in [-0.05, 0) is 44.4 Å². The van der Waals surface area contributed by atoms with Crippen LogP contribution in [0.1, 0.15) is 38.5 Å². The molecule has 4 rings (SSSR count). The van der Waals surface area contributed by atoms with Gasteiger partial charge in [-0.2, -0.15) is 0 Å². The van der Waals surface area contributed by atoms with E-state index in [1.165, 1.54) is 25.7 Å². The zero-order chi connectivity index (χ0) is 9.54. The van der Waals surface area contributed by atoms with Gasteiger partial charge in [-0.3, -0.25) is 5.32 Å². The first-order valence-electron chi connectivity index (χ1n) is 5.92. The van der Waals surface area contributed by atoms with Crippen molar-refractivity contribution in [2.24, 2.45) is 11.8 Å². The Morgan fingerprint density at radius 1 is 1.00 bits per heavy atom. The monoisotopic (exact) mass is 197 g/mol. The van der Waals surface area contributed by atoms with Crippen LogP contribution < -0.4 is 5.32 Å². The van der Waals surface area contributed by atoms with Gasteiger partial charge < -0.3 is 9.84 Å². The smallest absolute Gasteiger partial charge is 0.115 e. The van der Waals surface area contributed by atoms with Crippen molar-refractivity contribution < 1.29 is 9.84 Å². The van der Waals surface area contributed by atoms with Gasteiger partial charge in [0.1, 0.15) is 12.5 Å². The standard InChI is InChI=1S/C11H19NO2/c13-8-3-1-7(2-4-8)9-5-6-10-12-11(9)14-10/h7-13H,1-6H2. The van der Waals surface area contributed by atoms with Crippen LogP contribution in [-0.2, 0) is 4.74 Å². The molecule has 0 amide bonds. The van der Waals surface area contributed by atoms with Gasteiger partial charge in [0.15, 0.2) is 0 Å². The molecule has 3 aliphatic heterocycles. The van der Waals surface area contributed by atoms with Gasteiger partial charge in [0.25, 0.3) is 0 Å². The van der Waals surface area contributed by atoms with Gasteiger partial charge in [-0.15, -0.1) is 0 Å². The summed E-state index contributed by atoms with van der Waals surface area (Å²) in [4.78, 5) is 0. The number of aliphatic hydroxyl groups is 1. The summed E-state index contributed by atoms with van der Waals surface area (Å²) in [5, 5.41) is 12.9. The van der Waals surface area contributed by atoms with Crippen LogP contribution in [0, 0.1) is 11.8 Å². The minimum Gasteiger partial charge on any atom is -0.393 e. The van der Waals surface area contributed by atoms with Crippen molar-refractivity contribution in [2.45, 2.75) is 57.1 Å². The third-order valence-corrected chi connectivity index (χ3v) is 4.16. The van der Waals surface area contributed by atoms with Crippen LogP contribution in [-0.4, -0.2) is 23.7 Å². The summed E-state index contributed by atoms with van der Waals surface area (Å²) >= 11 is 0. The van der Waals surface area contributed by atoms with Crippen LogP contribution in [0.2, 0.25) is 0 Å². The molecule has 3 heteroatoms. The molecule has 4 fully saturated rings. The normalized spacial score (nSPS) is 52.5. The lowest BCUT2D eigenvalue weighted by Crippen LogP contribution is -2.63. The molecule has 3 unspecified atom stereocenters. The maximum Gasteiger partial charge on any atom is 0.115 e. The van der Waals surface area contributed by atoms with Crippen LogP contribution in [0.25, 0.3) is 0 Å². The molecule has 3 atom stereocenters. The van der Waals surface area contributed by atoms with Crippen LogP contribution in [0.5, 0.6) is 0 Å². The molecule has 2 N–H and O–H groups in total. The Bertz CT molecular complexity index is 205. The molecular formula is C11H19NO2. The van der Waals surface area contributed by atoms with Crippen molar-refractivity contribution in [2.75, 3.05) is 0 Å². The molecule has 0 aromatic rings. The molecule has 3 saturated heterocycles. The van der Waals surface area contributed by atoms with Gasteiger partial charge in [0.05, 0.1) is 6.10 Å². The summed E-state index contributed by atoms with van der Waals surface area (Å²) < 4.78 is 5.69. The predicted molar refractivity (Wildman–Crippen MR) is 52.5 cm³/mol. The van der Waals surface area contributed by atoms with Crippen molar-refractivity contribution in [3.63, 3.8) is 0 Å². The zero-order valence-corrected chi connectivity index (χ0v) is 8.48. The van der Waals surface area contributed by atoms with Gasteiger partial charge in [-0.1, -0.05) is 0 Å². The zero-order valence-electron chi connectivity index (χ0n) is 8.48. The Hall–Kier alpha value is -0.120. The van der Waals surface area contributed by atoms with E-state index in [0.29, 0.717) is 18.4 Å². The van der Waals surface area contributed by atoms with E-state index in [2.05, 4.69) is 5.32 Å². The van der Waals surface area contributed by atoms with Gasteiger partial charge in [0.2, 0.25) is 0 Å². The van der Waals surface area contributed by atoms with E-state index in [1.54, 1.807) is 0 Å². The van der Waals surface area contributed by atoms with E-state index in [1.807, 2.05) is 0 Å². The second-order valence-electron chi connectivity index (χ2n) is 5.02. The van der Waals surface area contributed by atoms with Gasteiger partial charge >= 0.3 is 0 Å². The van der Waals surface area contributed by atoms with E-state index in [-0.39, 0.29) is 6.10 Å². The van der Waals surface area contributed by atoms with Crippen molar-refractivity contribution in [1.29, 1.82) is 0 Å². The van der Waals surface area contributed by atoms with E-state index in [9.17, 15) is 5.11 Å². The largest absolute Gasteiger partial charge is 0.393 e. The van der Waals surface area contributed by atoms with Crippen LogP contribution in [0.3, 0.4) is 0 Å². The molecule has 1 aliphatic carbocycles. The molecule has 0 radical (unpaired) electrons. The summed E-state index contributed by atoms with van der Waals surface area (Å²) in [6, 6.07) is 0. The SMILES string of the molecule is OC1CCC(C2CCC3NC2O3)CC1. The number of hydrogen-bond donors (Lipinski definition) is 2. The molecule has 4 aliphatic rings. The van der Waals surface area contributed by atoms with E-state index >= 15 is 0 Å². The van der Waals surface area contributed by atoms with Crippen molar-refractivity contribution >= 4 is 0 Å². The maximum atomic E-state index is 9.45. The molecule has 2 bridgehead atoms. The number of rotatable bonds is 1. The molecule has 14 heavy (non-hydrogen) atoms. The van der Waals surface area contributed by atoms with Gasteiger partial charge in [-0.25, -0.2) is 0 Å². The average Bonchev–Trinajstić information content (AvgIpc) is 2.18. The fourth-order valence-corrected chi connectivity index (χ4v) is 3.25. The molecular weight excluding hydrogens is 178 g/mol. The quantitative estimate of drug-likeness (QED) is 0.664. The second kappa shape index (κ2) is 3.47. The van der Waals surface area contributed by atoms with Crippen molar-refractivity contribution in [3.05, 3.63) is 0 Å². The number of hydrogen-bond acceptors (Lipinski definition) is 3. The number of nitrogens with one attached hydrogen (secondary N) is 1. The highest BCUT2D eigenvalue weighted by atomic mass is 16.6. The van der Waals surface area contributed by atoms with E-state index < -0.39 is 0 Å². The lowest BCUT2D eigenvalue weighted by atomic mass is 9.74. The summed E-state index contributed by atoms with van der Waals surface area (Å²) in [6.07, 6.45) is 7.56. The highest BCUT2D eigenvalue weighted by molar-refractivity contribution is 4.90. The average molecular weight is 197 g/mol. The molecule has 0 spiro atoms. The number of fused-ring (bicyclic) bond motifs is 2. The highest BCUT2D eigenvalue weighted by Gasteiger charge is 2.44. The Balaban J connectivity index is 1.59. The highest BCUT2D eigenvalue weighted by Crippen LogP contribution is 2.41. The minimum atomic E-state index is -0.0298. The lowest BCUT2D eigenvalue weighted by molar-refractivity contribution is -0.231. The Morgan fingerprint density at radius 2 is 1.71 bits per heavy atom. The van der Waals surface area contributed by atoms with E-state index in [4.69, 9.17) is 4.74 Å². The first kappa shape index (κ1) is 9.13. The summed E-state index contributed by atoms with van der Waals surface area (Å²) in [5.74, 6) is 1.50. The fourth-order valence-electron chi connectivity index (χ4n) is 3.25. The van der Waals surface area contributed by atoms with Crippen molar-refractivity contribution in [1.82, 2.24) is 5.32 Å². The molecule has 3 heterocycles. The van der Waals surface area contributed by atoms with E-state index in [0.717, 1.165) is 18.8 Å². The summed E-state index contributed by atoms with van der Waals surface area (Å²) in [6.45, 7) is 0. The number of aliphatic hydroxyl groups excluding tert-OH is 1.